The summed E-state index contributed by atoms with van der Waals surface area (Å²) in [5, 5.41) is 4.77. The average Bonchev–Trinajstić information content (AvgIpc) is 3.47. The molecule has 6 heteroatoms. The van der Waals surface area contributed by atoms with E-state index in [9.17, 15) is 4.79 Å². The van der Waals surface area contributed by atoms with E-state index >= 15 is 0 Å². The molecule has 1 aromatic heterocycles. The average molecular weight is 380 g/mol. The third-order valence-corrected chi connectivity index (χ3v) is 6.28. The molecule has 1 amide bonds. The summed E-state index contributed by atoms with van der Waals surface area (Å²) in [6, 6.07) is 10.2. The van der Waals surface area contributed by atoms with E-state index < -0.39 is 0 Å². The van der Waals surface area contributed by atoms with Gasteiger partial charge in [0.2, 0.25) is 0 Å². The molecule has 1 atom stereocenters. The highest BCUT2D eigenvalue weighted by Gasteiger charge is 2.31. The zero-order valence-corrected chi connectivity index (χ0v) is 16.3. The number of piperazine rings is 1. The maximum Gasteiger partial charge on any atom is 0.274 e. The van der Waals surface area contributed by atoms with E-state index in [0.29, 0.717) is 11.8 Å². The minimum absolute atomic E-state index is 0.101. The summed E-state index contributed by atoms with van der Waals surface area (Å²) >= 11 is 0. The lowest BCUT2D eigenvalue weighted by atomic mass is 10.1. The van der Waals surface area contributed by atoms with Crippen LogP contribution in [-0.4, -0.2) is 70.9 Å². The molecule has 1 aliphatic carbocycles. The molecule has 0 spiro atoms. The summed E-state index contributed by atoms with van der Waals surface area (Å²) in [4.78, 5) is 17.7. The Labute approximate surface area is 166 Å². The molecule has 3 aliphatic rings. The number of hydrogen-bond acceptors (Lipinski definition) is 4. The van der Waals surface area contributed by atoms with Crippen LogP contribution in [0.2, 0.25) is 0 Å². The molecule has 3 heterocycles. The van der Waals surface area contributed by atoms with Gasteiger partial charge in [-0.1, -0.05) is 18.2 Å². The van der Waals surface area contributed by atoms with Gasteiger partial charge in [-0.25, -0.2) is 4.68 Å². The van der Waals surface area contributed by atoms with Crippen LogP contribution >= 0.6 is 0 Å². The van der Waals surface area contributed by atoms with Gasteiger partial charge in [0.15, 0.2) is 5.69 Å². The molecule has 0 N–H and O–H groups in total. The number of benzene rings is 1. The first-order valence-electron chi connectivity index (χ1n) is 10.6. The number of rotatable bonds is 4. The number of fused-ring (bicyclic) bond motifs is 1. The van der Waals surface area contributed by atoms with E-state index in [0.717, 1.165) is 69.8 Å². The van der Waals surface area contributed by atoms with Crippen LogP contribution in [-0.2, 0) is 17.6 Å². The molecule has 2 aromatic rings. The third kappa shape index (κ3) is 3.35. The summed E-state index contributed by atoms with van der Waals surface area (Å²) in [5.41, 5.74) is 4.09. The van der Waals surface area contributed by atoms with Crippen molar-refractivity contribution in [2.24, 2.45) is 0 Å². The Hall–Kier alpha value is -2.18. The molecular weight excluding hydrogens is 352 g/mol. The minimum atomic E-state index is 0.101. The molecular formula is C22H28N4O2. The number of amides is 1. The van der Waals surface area contributed by atoms with Gasteiger partial charge in [0.05, 0.1) is 11.8 Å². The van der Waals surface area contributed by atoms with Gasteiger partial charge in [-0.15, -0.1) is 0 Å². The van der Waals surface area contributed by atoms with Gasteiger partial charge in [0, 0.05) is 50.6 Å². The Bertz CT molecular complexity index is 834. The SMILES string of the molecule is O=C(c1nn(-c2ccccc2)c2c1CCC2)N1CCN(CC2CCCO2)CC1. The first-order chi connectivity index (χ1) is 13.8. The number of carbonyl (C=O) groups is 1. The molecule has 0 radical (unpaired) electrons. The topological polar surface area (TPSA) is 50.6 Å². The van der Waals surface area contributed by atoms with Gasteiger partial charge in [0.1, 0.15) is 0 Å². The number of para-hydroxylation sites is 1. The maximum atomic E-state index is 13.3. The van der Waals surface area contributed by atoms with Gasteiger partial charge in [-0.2, -0.15) is 5.10 Å². The second-order valence-electron chi connectivity index (χ2n) is 8.10. The standard InChI is InChI=1S/C22H28N4O2/c27-22(25-13-11-24(12-14-25)16-18-8-5-15-28-18)21-19-9-4-10-20(19)26(23-21)17-6-2-1-3-7-17/h1-3,6-7,18H,4-5,8-16H2. The highest BCUT2D eigenvalue weighted by Crippen LogP contribution is 2.28. The predicted octanol–water partition coefficient (Wildman–Crippen LogP) is 2.30. The molecule has 148 valence electrons. The number of carbonyl (C=O) groups excluding carboxylic acids is 1. The lowest BCUT2D eigenvalue weighted by Crippen LogP contribution is -2.50. The smallest absolute Gasteiger partial charge is 0.274 e. The largest absolute Gasteiger partial charge is 0.377 e. The quantitative estimate of drug-likeness (QED) is 0.817. The molecule has 2 saturated heterocycles. The zero-order chi connectivity index (χ0) is 18.9. The van der Waals surface area contributed by atoms with Crippen molar-refractivity contribution in [3.8, 4) is 5.69 Å². The van der Waals surface area contributed by atoms with E-state index in [1.54, 1.807) is 0 Å². The van der Waals surface area contributed by atoms with Gasteiger partial charge in [-0.05, 0) is 44.2 Å². The Morgan fingerprint density at radius 1 is 1.07 bits per heavy atom. The first-order valence-corrected chi connectivity index (χ1v) is 10.6. The van der Waals surface area contributed by atoms with Crippen molar-refractivity contribution in [1.82, 2.24) is 19.6 Å². The van der Waals surface area contributed by atoms with Crippen molar-refractivity contribution in [2.75, 3.05) is 39.3 Å². The van der Waals surface area contributed by atoms with Crippen LogP contribution in [0.25, 0.3) is 5.69 Å². The van der Waals surface area contributed by atoms with Crippen molar-refractivity contribution in [3.63, 3.8) is 0 Å². The second kappa shape index (κ2) is 7.68. The highest BCUT2D eigenvalue weighted by molar-refractivity contribution is 5.94. The van der Waals surface area contributed by atoms with Crippen LogP contribution in [0.1, 0.15) is 41.0 Å². The van der Waals surface area contributed by atoms with Gasteiger partial charge >= 0.3 is 0 Å². The van der Waals surface area contributed by atoms with Crippen LogP contribution in [0.5, 0.6) is 0 Å². The lowest BCUT2D eigenvalue weighted by Gasteiger charge is -2.35. The van der Waals surface area contributed by atoms with Crippen molar-refractivity contribution in [2.45, 2.75) is 38.2 Å². The fourth-order valence-electron chi connectivity index (χ4n) is 4.75. The summed E-state index contributed by atoms with van der Waals surface area (Å²) in [5.74, 6) is 0.101. The van der Waals surface area contributed by atoms with Gasteiger partial charge in [-0.3, -0.25) is 9.69 Å². The molecule has 5 rings (SSSR count). The maximum absolute atomic E-state index is 13.3. The first kappa shape index (κ1) is 17.9. The summed E-state index contributed by atoms with van der Waals surface area (Å²) in [6.07, 6.45) is 5.80. The Morgan fingerprint density at radius 3 is 2.64 bits per heavy atom. The molecule has 28 heavy (non-hydrogen) atoms. The second-order valence-corrected chi connectivity index (χ2v) is 8.10. The van der Waals surface area contributed by atoms with Crippen molar-refractivity contribution in [1.29, 1.82) is 0 Å². The van der Waals surface area contributed by atoms with Gasteiger partial charge in [0.25, 0.3) is 5.91 Å². The fourth-order valence-corrected chi connectivity index (χ4v) is 4.75. The highest BCUT2D eigenvalue weighted by atomic mass is 16.5. The number of aromatic nitrogens is 2. The minimum Gasteiger partial charge on any atom is -0.377 e. The van der Waals surface area contributed by atoms with E-state index in [1.165, 1.54) is 18.5 Å². The molecule has 2 fully saturated rings. The van der Waals surface area contributed by atoms with Crippen LogP contribution in [0.4, 0.5) is 0 Å². The normalized spacial score (nSPS) is 22.6. The Morgan fingerprint density at radius 2 is 1.89 bits per heavy atom. The van der Waals surface area contributed by atoms with E-state index in [1.807, 2.05) is 27.8 Å². The summed E-state index contributed by atoms with van der Waals surface area (Å²) in [6.45, 7) is 5.30. The lowest BCUT2D eigenvalue weighted by molar-refractivity contribution is 0.0429. The van der Waals surface area contributed by atoms with Crippen molar-refractivity contribution < 1.29 is 9.53 Å². The summed E-state index contributed by atoms with van der Waals surface area (Å²) in [7, 11) is 0. The molecule has 1 unspecified atom stereocenters. The van der Waals surface area contributed by atoms with Crippen LogP contribution in [0.3, 0.4) is 0 Å². The third-order valence-electron chi connectivity index (χ3n) is 6.28. The van der Waals surface area contributed by atoms with Crippen molar-refractivity contribution >= 4 is 5.91 Å². The fraction of sp³-hybridized carbons (Fsp3) is 0.545. The molecule has 2 aliphatic heterocycles. The molecule has 0 saturated carbocycles. The van der Waals surface area contributed by atoms with E-state index in [2.05, 4.69) is 17.0 Å². The molecule has 1 aromatic carbocycles. The Balaban J connectivity index is 1.30. The predicted molar refractivity (Wildman–Crippen MR) is 107 cm³/mol. The van der Waals surface area contributed by atoms with E-state index in [-0.39, 0.29) is 5.91 Å². The van der Waals surface area contributed by atoms with Gasteiger partial charge < -0.3 is 9.64 Å². The van der Waals surface area contributed by atoms with Crippen molar-refractivity contribution in [3.05, 3.63) is 47.3 Å². The van der Waals surface area contributed by atoms with Crippen LogP contribution < -0.4 is 0 Å². The van der Waals surface area contributed by atoms with Crippen LogP contribution in [0.15, 0.2) is 30.3 Å². The number of ether oxygens (including phenoxy) is 1. The monoisotopic (exact) mass is 380 g/mol. The molecule has 0 bridgehead atoms. The molecule has 6 nitrogen and oxygen atoms in total. The van der Waals surface area contributed by atoms with E-state index in [4.69, 9.17) is 9.84 Å². The number of hydrogen-bond donors (Lipinski definition) is 0. The summed E-state index contributed by atoms with van der Waals surface area (Å²) < 4.78 is 7.75. The zero-order valence-electron chi connectivity index (χ0n) is 16.3. The number of nitrogens with zero attached hydrogens (tertiary/aromatic N) is 4. The Kier molecular flexibility index (Phi) is 4.91. The van der Waals surface area contributed by atoms with Crippen LogP contribution in [0, 0.1) is 0 Å².